The number of hydrogen-bond acceptors (Lipinski definition) is 5. The summed E-state index contributed by atoms with van der Waals surface area (Å²) in [6, 6.07) is 0. The molecule has 0 aromatic heterocycles. The van der Waals surface area contributed by atoms with Crippen molar-refractivity contribution in [3.8, 4) is 0 Å². The van der Waals surface area contributed by atoms with Gasteiger partial charge >= 0.3 is 11.8 Å². The topological polar surface area (TPSA) is 105 Å². The van der Waals surface area contributed by atoms with E-state index in [4.69, 9.17) is 9.84 Å². The summed E-state index contributed by atoms with van der Waals surface area (Å²) < 4.78 is 5.20. The zero-order valence-electron chi connectivity index (χ0n) is 18.9. The Labute approximate surface area is 182 Å². The highest BCUT2D eigenvalue weighted by Crippen LogP contribution is 2.09. The van der Waals surface area contributed by atoms with Crippen LogP contribution in [0.25, 0.3) is 0 Å². The predicted molar refractivity (Wildman–Crippen MR) is 119 cm³/mol. The molecule has 0 rings (SSSR count). The number of allylic oxidation sites excluding steroid dienone is 2. The van der Waals surface area contributed by atoms with E-state index >= 15 is 0 Å². The minimum absolute atomic E-state index is 0.0559. The number of carbonyl (C=O) groups excluding carboxylic acids is 3. The summed E-state index contributed by atoms with van der Waals surface area (Å²) in [5.74, 6) is -0.982. The van der Waals surface area contributed by atoms with Crippen LogP contribution in [-0.2, 0) is 19.1 Å². The summed E-state index contributed by atoms with van der Waals surface area (Å²) in [4.78, 5) is 34.8. The Morgan fingerprint density at radius 2 is 1.43 bits per heavy atom. The highest BCUT2D eigenvalue weighted by molar-refractivity contribution is 6.35. The van der Waals surface area contributed by atoms with Gasteiger partial charge < -0.3 is 20.5 Å². The van der Waals surface area contributed by atoms with Crippen LogP contribution in [0.3, 0.4) is 0 Å². The van der Waals surface area contributed by atoms with E-state index in [0.717, 1.165) is 64.2 Å². The van der Waals surface area contributed by atoms with E-state index in [1.165, 1.54) is 0 Å². The Bertz CT molecular complexity index is 494. The molecular weight excluding hydrogens is 384 g/mol. The van der Waals surface area contributed by atoms with Crippen molar-refractivity contribution < 1.29 is 24.2 Å². The largest absolute Gasteiger partial charge is 0.394 e. The molecule has 0 heterocycles. The molecule has 0 bridgehead atoms. The van der Waals surface area contributed by atoms with Crippen molar-refractivity contribution in [1.29, 1.82) is 0 Å². The first-order valence-electron chi connectivity index (χ1n) is 11.5. The molecular formula is C23H42N2O5. The maximum Gasteiger partial charge on any atom is 0.309 e. The molecule has 0 aromatic carbocycles. The van der Waals surface area contributed by atoms with Gasteiger partial charge in [-0.05, 0) is 51.9 Å². The smallest absolute Gasteiger partial charge is 0.309 e. The average molecular weight is 427 g/mol. The highest BCUT2D eigenvalue weighted by atomic mass is 16.5. The van der Waals surface area contributed by atoms with E-state index in [-0.39, 0.29) is 19.0 Å². The van der Waals surface area contributed by atoms with Crippen molar-refractivity contribution in [2.45, 2.75) is 90.6 Å². The number of hydrogen-bond donors (Lipinski definition) is 3. The van der Waals surface area contributed by atoms with Crippen LogP contribution in [0.4, 0.5) is 0 Å². The molecule has 0 saturated carbocycles. The quantitative estimate of drug-likeness (QED) is 0.167. The van der Waals surface area contributed by atoms with Gasteiger partial charge in [0.05, 0.1) is 13.2 Å². The average Bonchev–Trinajstić information content (AvgIpc) is 2.74. The summed E-state index contributed by atoms with van der Waals surface area (Å²) in [5, 5.41) is 13.9. The fourth-order valence-electron chi connectivity index (χ4n) is 2.80. The molecule has 0 saturated heterocycles. The predicted octanol–water partition coefficient (Wildman–Crippen LogP) is 3.05. The second kappa shape index (κ2) is 20.5. The molecule has 0 aliphatic heterocycles. The van der Waals surface area contributed by atoms with Crippen LogP contribution in [0, 0.1) is 0 Å². The third-order valence-corrected chi connectivity index (χ3v) is 4.73. The van der Waals surface area contributed by atoms with Gasteiger partial charge in [0.1, 0.15) is 6.10 Å². The summed E-state index contributed by atoms with van der Waals surface area (Å²) in [7, 11) is 0. The fourth-order valence-corrected chi connectivity index (χ4v) is 2.80. The van der Waals surface area contributed by atoms with Gasteiger partial charge in [-0.2, -0.15) is 0 Å². The second-order valence-corrected chi connectivity index (χ2v) is 7.49. The van der Waals surface area contributed by atoms with E-state index in [0.29, 0.717) is 19.5 Å². The second-order valence-electron chi connectivity index (χ2n) is 7.49. The molecule has 174 valence electrons. The van der Waals surface area contributed by atoms with Crippen molar-refractivity contribution in [1.82, 2.24) is 10.6 Å². The van der Waals surface area contributed by atoms with Crippen molar-refractivity contribution >= 4 is 17.6 Å². The minimum Gasteiger partial charge on any atom is -0.394 e. The molecule has 1 atom stereocenters. The van der Waals surface area contributed by atoms with Gasteiger partial charge in [0.25, 0.3) is 0 Å². The zero-order valence-corrected chi connectivity index (χ0v) is 18.9. The molecule has 0 aromatic rings. The van der Waals surface area contributed by atoms with Gasteiger partial charge in [-0.1, -0.05) is 38.3 Å². The first kappa shape index (κ1) is 28.3. The van der Waals surface area contributed by atoms with Gasteiger partial charge in [0.15, 0.2) is 5.78 Å². The molecule has 0 spiro atoms. The van der Waals surface area contributed by atoms with Gasteiger partial charge in [-0.3, -0.25) is 14.4 Å². The molecule has 0 fully saturated rings. The standard InChI is InChI=1S/C23H42N2O5/c1-3-4-16-24-22(28)23(29)25-17-14-12-10-8-6-5-7-9-11-13-15-21(27)20(2)30-19-18-26/h6,8,20,26H,3-5,7,9-19H2,1-2H3,(H,24,28)(H,25,29)/b8-6-. The zero-order chi connectivity index (χ0) is 22.5. The third kappa shape index (κ3) is 17.2. The first-order chi connectivity index (χ1) is 14.5. The lowest BCUT2D eigenvalue weighted by molar-refractivity contribution is -0.139. The van der Waals surface area contributed by atoms with Gasteiger partial charge in [0.2, 0.25) is 0 Å². The normalized spacial score (nSPS) is 12.1. The maximum absolute atomic E-state index is 11.8. The third-order valence-electron chi connectivity index (χ3n) is 4.73. The lowest BCUT2D eigenvalue weighted by Gasteiger charge is -2.10. The van der Waals surface area contributed by atoms with E-state index in [2.05, 4.69) is 22.8 Å². The van der Waals surface area contributed by atoms with Crippen LogP contribution in [0.1, 0.15) is 84.5 Å². The number of rotatable bonds is 19. The number of nitrogens with one attached hydrogen (secondary N) is 2. The summed E-state index contributed by atoms with van der Waals surface area (Å²) in [6.45, 7) is 5.00. The number of aliphatic hydroxyl groups excluding tert-OH is 1. The molecule has 2 amide bonds. The van der Waals surface area contributed by atoms with Gasteiger partial charge in [-0.15, -0.1) is 0 Å². The number of carbonyl (C=O) groups is 3. The van der Waals surface area contributed by atoms with E-state index in [9.17, 15) is 14.4 Å². The van der Waals surface area contributed by atoms with Gasteiger partial charge in [-0.25, -0.2) is 0 Å². The molecule has 30 heavy (non-hydrogen) atoms. The van der Waals surface area contributed by atoms with Crippen molar-refractivity contribution in [2.75, 3.05) is 26.3 Å². The fraction of sp³-hybridized carbons (Fsp3) is 0.783. The number of ketones is 1. The van der Waals surface area contributed by atoms with E-state index in [1.54, 1.807) is 6.92 Å². The number of Topliss-reactive ketones (excluding diaryl/α,β-unsaturated/α-hetero) is 1. The maximum atomic E-state index is 11.8. The monoisotopic (exact) mass is 426 g/mol. The van der Waals surface area contributed by atoms with Crippen LogP contribution in [-0.4, -0.2) is 55.1 Å². The number of aliphatic hydroxyl groups is 1. The Morgan fingerprint density at radius 1 is 0.867 bits per heavy atom. The van der Waals surface area contributed by atoms with Crippen LogP contribution in [0.15, 0.2) is 12.2 Å². The minimum atomic E-state index is -0.546. The Morgan fingerprint density at radius 3 is 2.03 bits per heavy atom. The summed E-state index contributed by atoms with van der Waals surface area (Å²) >= 11 is 0. The first-order valence-corrected chi connectivity index (χ1v) is 11.5. The molecule has 7 nitrogen and oxygen atoms in total. The number of unbranched alkanes of at least 4 members (excludes halogenated alkanes) is 7. The number of amides is 2. The molecule has 0 radical (unpaired) electrons. The molecule has 3 N–H and O–H groups in total. The summed E-state index contributed by atoms with van der Waals surface area (Å²) in [5.41, 5.74) is 0. The van der Waals surface area contributed by atoms with Crippen LogP contribution in [0.5, 0.6) is 0 Å². The van der Waals surface area contributed by atoms with Crippen molar-refractivity contribution in [3.05, 3.63) is 12.2 Å². The molecule has 7 heteroatoms. The molecule has 1 unspecified atom stereocenters. The number of ether oxygens (including phenoxy) is 1. The SMILES string of the molecule is CCCCNC(=O)C(=O)NCCCC/C=C\CCCCCCC(=O)C(C)OCCO. The Balaban J connectivity index is 3.46. The van der Waals surface area contributed by atoms with E-state index < -0.39 is 17.9 Å². The lowest BCUT2D eigenvalue weighted by atomic mass is 10.1. The van der Waals surface area contributed by atoms with E-state index in [1.807, 2.05) is 6.92 Å². The van der Waals surface area contributed by atoms with Crippen molar-refractivity contribution in [2.24, 2.45) is 0 Å². The highest BCUT2D eigenvalue weighted by Gasteiger charge is 2.12. The van der Waals surface area contributed by atoms with Crippen LogP contribution >= 0.6 is 0 Å². The Kier molecular flexibility index (Phi) is 19.4. The Hall–Kier alpha value is -1.73. The van der Waals surface area contributed by atoms with Gasteiger partial charge in [0, 0.05) is 19.5 Å². The van der Waals surface area contributed by atoms with Crippen LogP contribution in [0.2, 0.25) is 0 Å². The van der Waals surface area contributed by atoms with Crippen molar-refractivity contribution in [3.63, 3.8) is 0 Å². The lowest BCUT2D eigenvalue weighted by Crippen LogP contribution is -2.40. The molecule has 0 aliphatic rings. The molecule has 0 aliphatic carbocycles. The summed E-state index contributed by atoms with van der Waals surface area (Å²) in [6.07, 6.45) is 14.3. The van der Waals surface area contributed by atoms with Crippen LogP contribution < -0.4 is 10.6 Å².